The smallest absolute Gasteiger partial charge is 0.475 e. The Labute approximate surface area is 171 Å². The van der Waals surface area contributed by atoms with Crippen molar-refractivity contribution in [1.82, 2.24) is 14.9 Å². The van der Waals surface area contributed by atoms with Crippen LogP contribution in [0.5, 0.6) is 0 Å². The number of fused-ring (bicyclic) bond motifs is 1. The van der Waals surface area contributed by atoms with Crippen LogP contribution in [0.4, 0.5) is 18.9 Å². The fourth-order valence-corrected chi connectivity index (χ4v) is 3.40. The number of aromatic nitrogens is 2. The van der Waals surface area contributed by atoms with Crippen molar-refractivity contribution in [2.75, 3.05) is 25.5 Å². The van der Waals surface area contributed by atoms with Gasteiger partial charge in [0.2, 0.25) is 0 Å². The quantitative estimate of drug-likeness (QED) is 0.664. The topological polar surface area (TPSA) is 83.5 Å². The van der Waals surface area contributed by atoms with Crippen molar-refractivity contribution in [3.8, 4) is 11.6 Å². The monoisotopic (exact) mass is 424 g/mol. The molecule has 1 aromatic carbocycles. The summed E-state index contributed by atoms with van der Waals surface area (Å²) >= 11 is 0. The standard InChI is InChI=1S/C18H22N4O.C2HF3O2/c1-21(2)14-7-3-8-15-17(14)20-18(16-9-5-11-23-16)22(15)12-13-6-4-10-19-13;3-2(4,5)1(6)7/h3,5,7-9,11,13,19H,4,6,10,12H2,1-2H3;(H,6,7). The molecule has 0 radical (unpaired) electrons. The highest BCUT2D eigenvalue weighted by Crippen LogP contribution is 2.31. The van der Waals surface area contributed by atoms with Crippen LogP contribution in [0.3, 0.4) is 0 Å². The summed E-state index contributed by atoms with van der Waals surface area (Å²) in [5, 5.41) is 10.7. The molecule has 30 heavy (non-hydrogen) atoms. The van der Waals surface area contributed by atoms with Gasteiger partial charge in [0.15, 0.2) is 11.6 Å². The summed E-state index contributed by atoms with van der Waals surface area (Å²) < 4.78 is 39.7. The van der Waals surface area contributed by atoms with E-state index in [2.05, 4.69) is 47.1 Å². The summed E-state index contributed by atoms with van der Waals surface area (Å²) in [5.41, 5.74) is 3.33. The first-order chi connectivity index (χ1) is 14.2. The molecule has 0 aliphatic carbocycles. The highest BCUT2D eigenvalue weighted by molar-refractivity contribution is 5.91. The molecule has 3 aromatic rings. The van der Waals surface area contributed by atoms with E-state index in [1.807, 2.05) is 12.1 Å². The highest BCUT2D eigenvalue weighted by Gasteiger charge is 2.38. The number of nitrogens with zero attached hydrogens (tertiary/aromatic N) is 3. The molecular formula is C20H23F3N4O3. The Kier molecular flexibility index (Phi) is 6.35. The molecule has 0 bridgehead atoms. The van der Waals surface area contributed by atoms with Crippen molar-refractivity contribution < 1.29 is 27.5 Å². The Morgan fingerprint density at radius 2 is 2.07 bits per heavy atom. The van der Waals surface area contributed by atoms with E-state index in [0.29, 0.717) is 6.04 Å². The van der Waals surface area contributed by atoms with Crippen LogP contribution >= 0.6 is 0 Å². The van der Waals surface area contributed by atoms with Crippen molar-refractivity contribution in [2.24, 2.45) is 0 Å². The largest absolute Gasteiger partial charge is 0.490 e. The first-order valence-electron chi connectivity index (χ1n) is 9.42. The fraction of sp³-hybridized carbons (Fsp3) is 0.400. The maximum atomic E-state index is 10.6. The van der Waals surface area contributed by atoms with Gasteiger partial charge in [-0.05, 0) is 43.7 Å². The van der Waals surface area contributed by atoms with Crippen LogP contribution in [0.25, 0.3) is 22.6 Å². The summed E-state index contributed by atoms with van der Waals surface area (Å²) in [6.45, 7) is 2.03. The van der Waals surface area contributed by atoms with Gasteiger partial charge in [-0.3, -0.25) is 0 Å². The molecule has 162 valence electrons. The van der Waals surface area contributed by atoms with Crippen LogP contribution in [-0.4, -0.2) is 53.5 Å². The zero-order valence-electron chi connectivity index (χ0n) is 16.6. The number of carboxylic acids is 1. The molecule has 0 spiro atoms. The van der Waals surface area contributed by atoms with Crippen molar-refractivity contribution in [3.63, 3.8) is 0 Å². The van der Waals surface area contributed by atoms with E-state index in [9.17, 15) is 13.2 Å². The number of aliphatic carboxylic acids is 1. The zero-order valence-corrected chi connectivity index (χ0v) is 16.6. The molecule has 1 unspecified atom stereocenters. The lowest BCUT2D eigenvalue weighted by Gasteiger charge is -2.15. The fourth-order valence-electron chi connectivity index (χ4n) is 3.40. The van der Waals surface area contributed by atoms with Gasteiger partial charge < -0.3 is 24.3 Å². The number of nitrogens with one attached hydrogen (secondary N) is 1. The number of rotatable bonds is 4. The Bertz CT molecular complexity index is 991. The molecule has 1 atom stereocenters. The minimum absolute atomic E-state index is 0.504. The number of anilines is 1. The van der Waals surface area contributed by atoms with Crippen molar-refractivity contribution in [1.29, 1.82) is 0 Å². The van der Waals surface area contributed by atoms with E-state index < -0.39 is 12.1 Å². The molecule has 1 aliphatic rings. The van der Waals surface area contributed by atoms with Crippen molar-refractivity contribution >= 4 is 22.7 Å². The van der Waals surface area contributed by atoms with E-state index in [1.165, 1.54) is 12.8 Å². The van der Waals surface area contributed by atoms with E-state index in [-0.39, 0.29) is 0 Å². The molecule has 10 heteroatoms. The third kappa shape index (κ3) is 4.76. The van der Waals surface area contributed by atoms with Gasteiger partial charge in [0.1, 0.15) is 5.52 Å². The lowest BCUT2D eigenvalue weighted by molar-refractivity contribution is -0.192. The minimum Gasteiger partial charge on any atom is -0.475 e. The SMILES string of the molecule is CN(C)c1cccc2c1nc(-c1ccco1)n2CC1CCCN1.O=C(O)C(F)(F)F. The van der Waals surface area contributed by atoms with Gasteiger partial charge >= 0.3 is 12.1 Å². The number of carboxylic acid groups (broad SMARTS) is 1. The van der Waals surface area contributed by atoms with Crippen LogP contribution in [-0.2, 0) is 11.3 Å². The van der Waals surface area contributed by atoms with E-state index in [0.717, 1.165) is 41.4 Å². The number of furan rings is 1. The molecule has 7 nitrogen and oxygen atoms in total. The molecule has 2 N–H and O–H groups in total. The first kappa shape index (κ1) is 21.7. The van der Waals surface area contributed by atoms with E-state index in [1.54, 1.807) is 6.26 Å². The van der Waals surface area contributed by atoms with Gasteiger partial charge in [-0.25, -0.2) is 9.78 Å². The zero-order chi connectivity index (χ0) is 21.9. The molecule has 3 heterocycles. The summed E-state index contributed by atoms with van der Waals surface area (Å²) in [4.78, 5) is 15.9. The lowest BCUT2D eigenvalue weighted by atomic mass is 10.2. The number of imidazole rings is 1. The summed E-state index contributed by atoms with van der Waals surface area (Å²) in [5.74, 6) is -1.02. The number of alkyl halides is 3. The van der Waals surface area contributed by atoms with Gasteiger partial charge in [-0.2, -0.15) is 13.2 Å². The third-order valence-corrected chi connectivity index (χ3v) is 4.79. The number of carbonyl (C=O) groups is 1. The van der Waals surface area contributed by atoms with Crippen LogP contribution in [0.15, 0.2) is 41.0 Å². The van der Waals surface area contributed by atoms with Crippen LogP contribution in [0.2, 0.25) is 0 Å². The molecule has 4 rings (SSSR count). The maximum absolute atomic E-state index is 10.6. The Morgan fingerprint density at radius 3 is 2.60 bits per heavy atom. The summed E-state index contributed by atoms with van der Waals surface area (Å²) in [6.07, 6.45) is -0.916. The van der Waals surface area contributed by atoms with E-state index >= 15 is 0 Å². The number of para-hydroxylation sites is 1. The number of hydrogen-bond acceptors (Lipinski definition) is 5. The molecule has 0 saturated carbocycles. The Hall–Kier alpha value is -3.01. The van der Waals surface area contributed by atoms with Crippen molar-refractivity contribution in [2.45, 2.75) is 31.6 Å². The van der Waals surface area contributed by atoms with E-state index in [4.69, 9.17) is 19.3 Å². The van der Waals surface area contributed by atoms with Crippen molar-refractivity contribution in [3.05, 3.63) is 36.6 Å². The predicted octanol–water partition coefficient (Wildman–Crippen LogP) is 3.75. The van der Waals surface area contributed by atoms with Gasteiger partial charge in [0.25, 0.3) is 0 Å². The minimum atomic E-state index is -5.08. The van der Waals surface area contributed by atoms with Crippen LogP contribution in [0.1, 0.15) is 12.8 Å². The molecular weight excluding hydrogens is 401 g/mol. The average Bonchev–Trinajstić information content (AvgIpc) is 3.42. The number of benzene rings is 1. The summed E-state index contributed by atoms with van der Waals surface area (Å²) in [7, 11) is 4.11. The Balaban J connectivity index is 0.000000318. The number of halogens is 3. The van der Waals surface area contributed by atoms with Gasteiger partial charge in [0, 0.05) is 26.7 Å². The second kappa shape index (κ2) is 8.78. The average molecular weight is 424 g/mol. The molecule has 2 aromatic heterocycles. The predicted molar refractivity (Wildman–Crippen MR) is 106 cm³/mol. The molecule has 1 aliphatic heterocycles. The third-order valence-electron chi connectivity index (χ3n) is 4.79. The first-order valence-corrected chi connectivity index (χ1v) is 9.42. The van der Waals surface area contributed by atoms with Gasteiger partial charge in [0.05, 0.1) is 17.5 Å². The molecule has 1 fully saturated rings. The normalized spacial score (nSPS) is 16.4. The molecule has 1 saturated heterocycles. The van der Waals surface area contributed by atoms with Gasteiger partial charge in [-0.15, -0.1) is 0 Å². The summed E-state index contributed by atoms with van der Waals surface area (Å²) in [6, 6.07) is 10.8. The second-order valence-corrected chi connectivity index (χ2v) is 7.16. The molecule has 0 amide bonds. The maximum Gasteiger partial charge on any atom is 0.490 e. The number of hydrogen-bond donors (Lipinski definition) is 2. The Morgan fingerprint density at radius 1 is 1.33 bits per heavy atom. The lowest BCUT2D eigenvalue weighted by Crippen LogP contribution is -2.27. The highest BCUT2D eigenvalue weighted by atomic mass is 19.4. The van der Waals surface area contributed by atoms with Crippen LogP contribution < -0.4 is 10.2 Å². The van der Waals surface area contributed by atoms with Gasteiger partial charge in [-0.1, -0.05) is 6.07 Å². The van der Waals surface area contributed by atoms with Crippen LogP contribution in [0, 0.1) is 0 Å². The second-order valence-electron chi connectivity index (χ2n) is 7.16.